The Morgan fingerprint density at radius 1 is 0.214 bits per heavy atom. The molecule has 3 aliphatic rings. The second kappa shape index (κ2) is 29.3. The monoisotopic (exact) mass is 1310 g/mol. The molecule has 0 fully saturated rings. The van der Waals surface area contributed by atoms with Gasteiger partial charge in [-0.05, 0) is 211 Å². The van der Waals surface area contributed by atoms with Crippen molar-refractivity contribution in [3.05, 3.63) is 174 Å². The first-order valence-corrected chi connectivity index (χ1v) is 36.5. The molecule has 0 saturated heterocycles. The van der Waals surface area contributed by atoms with Gasteiger partial charge in [0.2, 0.25) is 0 Å². The summed E-state index contributed by atoms with van der Waals surface area (Å²) >= 11 is 12.0. The maximum atomic E-state index is 4.00. The Balaban J connectivity index is 1.18. The van der Waals surface area contributed by atoms with Crippen LogP contribution in [-0.4, -0.2) is 0 Å². The molecular formula is C81H99Br3. The van der Waals surface area contributed by atoms with Gasteiger partial charge in [0.05, 0.1) is 0 Å². The van der Waals surface area contributed by atoms with Gasteiger partial charge in [0, 0.05) is 29.7 Å². The largest absolute Gasteiger partial charge is 0.0654 e. The lowest BCUT2D eigenvalue weighted by molar-refractivity contribution is 0.401. The Labute approximate surface area is 535 Å². The van der Waals surface area contributed by atoms with Crippen molar-refractivity contribution < 1.29 is 0 Å². The van der Waals surface area contributed by atoms with Crippen LogP contribution in [0.25, 0.3) is 66.8 Å². The molecule has 0 bridgehead atoms. The summed E-state index contributed by atoms with van der Waals surface area (Å²) in [6.07, 6.45) is 37.8. The average molecular weight is 1310 g/mol. The normalized spacial score (nSPS) is 14.5. The van der Waals surface area contributed by atoms with E-state index in [1.807, 2.05) is 0 Å². The smallest absolute Gasteiger partial charge is 0.0215 e. The van der Waals surface area contributed by atoms with Crippen LogP contribution in [0.1, 0.15) is 268 Å². The molecule has 0 amide bonds. The molecule has 0 radical (unpaired) electrons. The predicted octanol–water partition coefficient (Wildman–Crippen LogP) is 27.6. The van der Waals surface area contributed by atoms with E-state index in [4.69, 9.17) is 0 Å². The lowest BCUT2D eigenvalue weighted by Crippen LogP contribution is -2.25. The minimum absolute atomic E-state index is 0.0183. The topological polar surface area (TPSA) is 0 Å². The van der Waals surface area contributed by atoms with E-state index in [0.29, 0.717) is 0 Å². The number of rotatable bonds is 33. The molecule has 0 heterocycles. The molecule has 0 spiro atoms. The zero-order chi connectivity index (χ0) is 58.7. The summed E-state index contributed by atoms with van der Waals surface area (Å²) in [6.45, 7) is 14.1. The quantitative estimate of drug-likeness (QED) is 0.0360. The summed E-state index contributed by atoms with van der Waals surface area (Å²) in [5.74, 6) is 0. The first kappa shape index (κ1) is 63.0. The van der Waals surface area contributed by atoms with Crippen LogP contribution in [-0.2, 0) is 16.2 Å². The zero-order valence-corrected chi connectivity index (χ0v) is 57.2. The lowest BCUT2D eigenvalue weighted by Gasteiger charge is -2.33. The Bertz CT molecular complexity index is 2940. The molecular weight excluding hydrogens is 1210 g/mol. The maximum absolute atomic E-state index is 4.00. The van der Waals surface area contributed by atoms with E-state index in [0.717, 1.165) is 0 Å². The van der Waals surface area contributed by atoms with Gasteiger partial charge in [0.15, 0.2) is 0 Å². The Hall–Kier alpha value is -4.02. The van der Waals surface area contributed by atoms with Crippen LogP contribution >= 0.6 is 47.8 Å². The predicted molar refractivity (Wildman–Crippen MR) is 377 cm³/mol. The molecule has 7 aromatic rings. The minimum Gasteiger partial charge on any atom is -0.0654 e. The average Bonchev–Trinajstić information content (AvgIpc) is 1.92. The third kappa shape index (κ3) is 13.1. The van der Waals surface area contributed by atoms with Crippen molar-refractivity contribution in [1.29, 1.82) is 0 Å². The summed E-state index contributed by atoms with van der Waals surface area (Å²) in [7, 11) is 0. The molecule has 3 heteroatoms. The van der Waals surface area contributed by atoms with Crippen LogP contribution in [0, 0.1) is 0 Å². The highest BCUT2D eigenvalue weighted by Crippen LogP contribution is 2.59. The summed E-state index contributed by atoms with van der Waals surface area (Å²) in [5, 5.41) is 0. The molecule has 84 heavy (non-hydrogen) atoms. The summed E-state index contributed by atoms with van der Waals surface area (Å²) in [6, 6.07) is 52.5. The Kier molecular flexibility index (Phi) is 22.0. The Morgan fingerprint density at radius 3 is 0.631 bits per heavy atom. The van der Waals surface area contributed by atoms with E-state index in [2.05, 4.69) is 217 Å². The maximum Gasteiger partial charge on any atom is 0.0215 e. The SMILES string of the molecule is CCCCCCC1(CCCCCC)c2cc(Br)ccc2-c2ccc(-c3cc(-c4ccc5c(c4)C(CCCCCC)(CCCCCC)c4cc(Br)ccc4-5)cc(-c4ccc5c(c4)C(CCCCCC)(CCCCCC)c4cc(Br)ccc4-5)c3)cc21. The summed E-state index contributed by atoms with van der Waals surface area (Å²) in [5.41, 5.74) is 25.9. The van der Waals surface area contributed by atoms with Crippen molar-refractivity contribution in [2.24, 2.45) is 0 Å². The van der Waals surface area contributed by atoms with E-state index in [9.17, 15) is 0 Å². The van der Waals surface area contributed by atoms with E-state index >= 15 is 0 Å². The molecule has 0 atom stereocenters. The van der Waals surface area contributed by atoms with Gasteiger partial charge in [0.1, 0.15) is 0 Å². The van der Waals surface area contributed by atoms with E-state index in [1.165, 1.54) is 273 Å². The molecule has 0 unspecified atom stereocenters. The molecule has 3 aliphatic carbocycles. The number of hydrogen-bond acceptors (Lipinski definition) is 0. The molecule has 7 aromatic carbocycles. The fourth-order valence-electron chi connectivity index (χ4n) is 16.2. The highest BCUT2D eigenvalue weighted by molar-refractivity contribution is 9.11. The van der Waals surface area contributed by atoms with Gasteiger partial charge in [-0.25, -0.2) is 0 Å². The number of fused-ring (bicyclic) bond motifs is 9. The second-order valence-corrected chi connectivity index (χ2v) is 29.0. The molecule has 0 saturated carbocycles. The van der Waals surface area contributed by atoms with Crippen LogP contribution in [0.3, 0.4) is 0 Å². The zero-order valence-electron chi connectivity index (χ0n) is 52.5. The summed E-state index contributed by atoms with van der Waals surface area (Å²) in [4.78, 5) is 0. The number of halogens is 3. The molecule has 10 rings (SSSR count). The van der Waals surface area contributed by atoms with Crippen molar-refractivity contribution in [1.82, 2.24) is 0 Å². The van der Waals surface area contributed by atoms with Crippen LogP contribution in [0.15, 0.2) is 141 Å². The summed E-state index contributed by atoms with van der Waals surface area (Å²) < 4.78 is 3.60. The molecule has 0 aromatic heterocycles. The van der Waals surface area contributed by atoms with Gasteiger partial charge in [-0.3, -0.25) is 0 Å². The lowest BCUT2D eigenvalue weighted by atomic mass is 9.70. The first-order chi connectivity index (χ1) is 41.1. The van der Waals surface area contributed by atoms with E-state index < -0.39 is 0 Å². The van der Waals surface area contributed by atoms with Crippen molar-refractivity contribution in [2.75, 3.05) is 0 Å². The highest BCUT2D eigenvalue weighted by atomic mass is 79.9. The molecule has 444 valence electrons. The van der Waals surface area contributed by atoms with Gasteiger partial charge in [-0.15, -0.1) is 0 Å². The van der Waals surface area contributed by atoms with Crippen molar-refractivity contribution >= 4 is 47.8 Å². The number of unbranched alkanes of at least 4 members (excludes halogenated alkanes) is 18. The third-order valence-corrected chi connectivity index (χ3v) is 22.1. The van der Waals surface area contributed by atoms with Crippen molar-refractivity contribution in [2.45, 2.75) is 250 Å². The van der Waals surface area contributed by atoms with Crippen LogP contribution in [0.5, 0.6) is 0 Å². The standard InChI is InChI=1S/C81H99Br3/c1-7-13-19-25-43-79(44-26-20-14-8-2)73-52-58(31-37-67(73)70-40-34-64(82)55-76(70)79)61-49-62(59-32-38-68-71-41-35-65(83)56-77(71)80(74(68)53-59,45-27-21-15-9-3)46-28-22-16-10-4)51-63(50-61)60-33-39-69-72-42-36-66(84)57-78(72)81(75(69)54-60,47-29-23-17-11-5)48-30-24-18-12-6/h31-42,49-57H,7-30,43-48H2,1-6H3. The second-order valence-electron chi connectivity index (χ2n) is 26.3. The highest BCUT2D eigenvalue weighted by Gasteiger charge is 2.45. The first-order valence-electron chi connectivity index (χ1n) is 34.1. The van der Waals surface area contributed by atoms with Gasteiger partial charge in [-0.2, -0.15) is 0 Å². The molecule has 0 nitrogen and oxygen atoms in total. The van der Waals surface area contributed by atoms with Crippen LogP contribution < -0.4 is 0 Å². The van der Waals surface area contributed by atoms with Gasteiger partial charge in [-0.1, -0.05) is 298 Å². The fourth-order valence-corrected chi connectivity index (χ4v) is 17.3. The Morgan fingerprint density at radius 2 is 0.417 bits per heavy atom. The fraction of sp³-hybridized carbons (Fsp3) is 0.481. The van der Waals surface area contributed by atoms with Crippen LogP contribution in [0.2, 0.25) is 0 Å². The number of benzene rings is 7. The van der Waals surface area contributed by atoms with E-state index in [1.54, 1.807) is 33.4 Å². The van der Waals surface area contributed by atoms with E-state index in [-0.39, 0.29) is 16.2 Å². The van der Waals surface area contributed by atoms with Gasteiger partial charge < -0.3 is 0 Å². The molecule has 0 aliphatic heterocycles. The van der Waals surface area contributed by atoms with Gasteiger partial charge >= 0.3 is 0 Å². The van der Waals surface area contributed by atoms with Crippen LogP contribution in [0.4, 0.5) is 0 Å². The minimum atomic E-state index is -0.0183. The van der Waals surface area contributed by atoms with Gasteiger partial charge in [0.25, 0.3) is 0 Å². The van der Waals surface area contributed by atoms with Crippen molar-refractivity contribution in [3.63, 3.8) is 0 Å². The number of hydrogen-bond donors (Lipinski definition) is 0. The third-order valence-electron chi connectivity index (χ3n) is 20.6. The molecule has 0 N–H and O–H groups in total. The van der Waals surface area contributed by atoms with Crippen molar-refractivity contribution in [3.8, 4) is 66.8 Å².